The summed E-state index contributed by atoms with van der Waals surface area (Å²) in [6.45, 7) is 1.97. The average Bonchev–Trinajstić information content (AvgIpc) is 2.79. The number of aromatic nitrogens is 3. The van der Waals surface area contributed by atoms with E-state index < -0.39 is 0 Å². The zero-order valence-corrected chi connectivity index (χ0v) is 11.8. The molecule has 0 unspecified atom stereocenters. The minimum absolute atomic E-state index is 0.219. The van der Waals surface area contributed by atoms with Crippen LogP contribution in [-0.4, -0.2) is 15.0 Å². The summed E-state index contributed by atoms with van der Waals surface area (Å²) in [5, 5.41) is 0.539. The van der Waals surface area contributed by atoms with Gasteiger partial charge >= 0.3 is 5.69 Å². The predicted molar refractivity (Wildman–Crippen MR) is 76.9 cm³/mol. The first-order chi connectivity index (χ1) is 8.54. The number of halogens is 1. The number of nitrogens with one attached hydrogen (secondary N) is 2. The summed E-state index contributed by atoms with van der Waals surface area (Å²) in [5.41, 5.74) is 8.77. The van der Waals surface area contributed by atoms with Crippen LogP contribution in [0.25, 0.3) is 22.3 Å². The highest BCUT2D eigenvalue weighted by molar-refractivity contribution is 9.10. The van der Waals surface area contributed by atoms with Crippen molar-refractivity contribution in [3.05, 3.63) is 32.0 Å². The van der Waals surface area contributed by atoms with E-state index in [1.807, 2.05) is 19.1 Å². The van der Waals surface area contributed by atoms with Crippen molar-refractivity contribution in [2.24, 2.45) is 0 Å². The molecule has 0 saturated heterocycles. The number of aromatic amines is 2. The number of H-pyrrole nitrogens is 2. The Morgan fingerprint density at radius 2 is 2.00 bits per heavy atom. The molecular weight excluding hydrogens is 316 g/mol. The molecule has 0 saturated carbocycles. The third-order valence-electron chi connectivity index (χ3n) is 2.67. The molecule has 0 spiro atoms. The van der Waals surface area contributed by atoms with Gasteiger partial charge in [-0.1, -0.05) is 15.9 Å². The summed E-state index contributed by atoms with van der Waals surface area (Å²) in [5.74, 6) is 0. The van der Waals surface area contributed by atoms with Gasteiger partial charge in [-0.3, -0.25) is 0 Å². The number of rotatable bonds is 1. The lowest BCUT2D eigenvalue weighted by Crippen LogP contribution is -1.99. The molecule has 4 N–H and O–H groups in total. The number of thiazole rings is 1. The summed E-state index contributed by atoms with van der Waals surface area (Å²) in [6.07, 6.45) is 0. The van der Waals surface area contributed by atoms with Crippen LogP contribution in [0.1, 0.15) is 4.88 Å². The highest BCUT2D eigenvalue weighted by Crippen LogP contribution is 2.35. The fraction of sp³-hybridized carbons (Fsp3) is 0.0909. The van der Waals surface area contributed by atoms with Crippen LogP contribution in [0.4, 0.5) is 5.13 Å². The second-order valence-corrected chi connectivity index (χ2v) is 6.00. The lowest BCUT2D eigenvalue weighted by molar-refractivity contribution is 1.21. The minimum Gasteiger partial charge on any atom is -0.375 e. The largest absolute Gasteiger partial charge is 0.375 e. The molecule has 2 heterocycles. The molecule has 92 valence electrons. The predicted octanol–water partition coefficient (Wildman–Crippen LogP) is 2.63. The summed E-state index contributed by atoms with van der Waals surface area (Å²) >= 11 is 4.94. The Balaban J connectivity index is 2.31. The minimum atomic E-state index is -0.219. The first-order valence-corrected chi connectivity index (χ1v) is 6.80. The fourth-order valence-electron chi connectivity index (χ4n) is 1.90. The van der Waals surface area contributed by atoms with Crippen LogP contribution in [0.5, 0.6) is 0 Å². The standard InChI is InChI=1S/C11H9BrN4OS/c1-4-9(16-10(13)18-4)5-2-7-8(3-6(5)12)15-11(17)14-7/h2-3H,1H3,(H2,13,16)(H2,14,15,17). The van der Waals surface area contributed by atoms with Crippen LogP contribution in [0, 0.1) is 6.92 Å². The van der Waals surface area contributed by atoms with Crippen LogP contribution in [0.15, 0.2) is 21.4 Å². The molecular formula is C11H9BrN4OS. The molecule has 0 fully saturated rings. The molecule has 3 rings (SSSR count). The van der Waals surface area contributed by atoms with Crippen molar-refractivity contribution in [2.75, 3.05) is 5.73 Å². The molecule has 2 aromatic heterocycles. The van der Waals surface area contributed by atoms with Crippen LogP contribution in [0.3, 0.4) is 0 Å². The van der Waals surface area contributed by atoms with Gasteiger partial charge in [0, 0.05) is 14.9 Å². The van der Waals surface area contributed by atoms with Gasteiger partial charge in [-0.25, -0.2) is 9.78 Å². The van der Waals surface area contributed by atoms with Gasteiger partial charge in [0.05, 0.1) is 16.7 Å². The second kappa shape index (κ2) is 3.96. The van der Waals surface area contributed by atoms with Crippen LogP contribution >= 0.6 is 27.3 Å². The van der Waals surface area contributed by atoms with Crippen molar-refractivity contribution in [1.29, 1.82) is 0 Å². The molecule has 0 aliphatic rings. The Bertz CT molecular complexity index is 801. The van der Waals surface area contributed by atoms with E-state index in [9.17, 15) is 4.79 Å². The van der Waals surface area contributed by atoms with Gasteiger partial charge in [0.1, 0.15) is 0 Å². The smallest absolute Gasteiger partial charge is 0.323 e. The van der Waals surface area contributed by atoms with Gasteiger partial charge in [-0.05, 0) is 19.1 Å². The Hall–Kier alpha value is -1.60. The van der Waals surface area contributed by atoms with Crippen molar-refractivity contribution in [3.63, 3.8) is 0 Å². The second-order valence-electron chi connectivity index (χ2n) is 3.91. The Labute approximate surface area is 114 Å². The molecule has 0 aliphatic heterocycles. The van der Waals surface area contributed by atoms with Gasteiger partial charge in [0.2, 0.25) is 0 Å². The Morgan fingerprint density at radius 1 is 1.33 bits per heavy atom. The normalized spacial score (nSPS) is 11.2. The zero-order valence-electron chi connectivity index (χ0n) is 9.37. The van der Waals surface area contributed by atoms with E-state index in [4.69, 9.17) is 5.73 Å². The van der Waals surface area contributed by atoms with Crippen molar-refractivity contribution < 1.29 is 0 Å². The zero-order chi connectivity index (χ0) is 12.9. The Morgan fingerprint density at radius 3 is 2.61 bits per heavy atom. The number of hydrogen-bond donors (Lipinski definition) is 3. The molecule has 1 aromatic carbocycles. The number of nitrogens with zero attached hydrogens (tertiary/aromatic N) is 1. The number of nitrogens with two attached hydrogens (primary N) is 1. The van der Waals surface area contributed by atoms with E-state index in [-0.39, 0.29) is 5.69 Å². The van der Waals surface area contributed by atoms with Gasteiger partial charge in [-0.15, -0.1) is 11.3 Å². The monoisotopic (exact) mass is 324 g/mol. The molecule has 18 heavy (non-hydrogen) atoms. The third-order valence-corrected chi connectivity index (χ3v) is 4.13. The highest BCUT2D eigenvalue weighted by atomic mass is 79.9. The molecule has 7 heteroatoms. The first kappa shape index (κ1) is 11.5. The van der Waals surface area contributed by atoms with Crippen LogP contribution < -0.4 is 11.4 Å². The summed E-state index contributed by atoms with van der Waals surface area (Å²) in [6, 6.07) is 3.75. The number of hydrogen-bond acceptors (Lipinski definition) is 4. The maximum absolute atomic E-state index is 11.3. The van der Waals surface area contributed by atoms with Crippen molar-refractivity contribution >= 4 is 43.4 Å². The van der Waals surface area contributed by atoms with Crippen molar-refractivity contribution in [2.45, 2.75) is 6.92 Å². The summed E-state index contributed by atoms with van der Waals surface area (Å²) in [4.78, 5) is 22.1. The summed E-state index contributed by atoms with van der Waals surface area (Å²) < 4.78 is 0.874. The number of benzene rings is 1. The van der Waals surface area contributed by atoms with Gasteiger partial charge < -0.3 is 15.7 Å². The molecule has 3 aromatic rings. The van der Waals surface area contributed by atoms with E-state index in [1.54, 1.807) is 0 Å². The Kier molecular flexibility index (Phi) is 2.53. The molecule has 0 atom stereocenters. The number of imidazole rings is 1. The quantitative estimate of drug-likeness (QED) is 0.643. The maximum Gasteiger partial charge on any atom is 0.323 e. The van der Waals surface area contributed by atoms with Crippen LogP contribution in [0.2, 0.25) is 0 Å². The van der Waals surface area contributed by atoms with E-state index in [2.05, 4.69) is 30.9 Å². The number of fused-ring (bicyclic) bond motifs is 1. The number of nitrogen functional groups attached to an aromatic ring is 1. The van der Waals surface area contributed by atoms with Gasteiger partial charge in [0.25, 0.3) is 0 Å². The lowest BCUT2D eigenvalue weighted by atomic mass is 10.1. The third kappa shape index (κ3) is 1.75. The molecule has 5 nitrogen and oxygen atoms in total. The molecule has 0 radical (unpaired) electrons. The van der Waals surface area contributed by atoms with Crippen molar-refractivity contribution in [1.82, 2.24) is 15.0 Å². The SMILES string of the molecule is Cc1sc(N)nc1-c1cc2[nH]c(=O)[nH]c2cc1Br. The van der Waals surface area contributed by atoms with Gasteiger partial charge in [0.15, 0.2) is 5.13 Å². The first-order valence-electron chi connectivity index (χ1n) is 5.19. The van der Waals surface area contributed by atoms with E-state index in [0.717, 1.165) is 31.6 Å². The van der Waals surface area contributed by atoms with Crippen molar-refractivity contribution in [3.8, 4) is 11.3 Å². The van der Waals surface area contributed by atoms with E-state index in [1.165, 1.54) is 11.3 Å². The molecule has 0 bridgehead atoms. The maximum atomic E-state index is 11.3. The number of aryl methyl sites for hydroxylation is 1. The average molecular weight is 325 g/mol. The fourth-order valence-corrected chi connectivity index (χ4v) is 3.14. The van der Waals surface area contributed by atoms with E-state index in [0.29, 0.717) is 5.13 Å². The van der Waals surface area contributed by atoms with Gasteiger partial charge in [-0.2, -0.15) is 0 Å². The highest BCUT2D eigenvalue weighted by Gasteiger charge is 2.13. The molecule has 0 aliphatic carbocycles. The van der Waals surface area contributed by atoms with Crippen LogP contribution in [-0.2, 0) is 0 Å². The van der Waals surface area contributed by atoms with E-state index >= 15 is 0 Å². The topological polar surface area (TPSA) is 87.6 Å². The molecule has 0 amide bonds. The lowest BCUT2D eigenvalue weighted by Gasteiger charge is -2.02. The summed E-state index contributed by atoms with van der Waals surface area (Å²) in [7, 11) is 0. The number of anilines is 1.